The Balaban J connectivity index is 0.000000135. The van der Waals surface area contributed by atoms with Crippen LogP contribution in [0.5, 0.6) is 0 Å². The lowest BCUT2D eigenvalue weighted by Crippen LogP contribution is -2.57. The summed E-state index contributed by atoms with van der Waals surface area (Å²) in [6.45, 7) is 12.4. The number of amides is 2. The van der Waals surface area contributed by atoms with E-state index in [1.54, 1.807) is 41.6 Å². The molecule has 0 bridgehead atoms. The molecule has 4 aromatic heterocycles. The van der Waals surface area contributed by atoms with Gasteiger partial charge in [-0.2, -0.15) is 4.98 Å². The molecule has 3 aliphatic heterocycles. The lowest BCUT2D eigenvalue weighted by molar-refractivity contribution is -0.121. The van der Waals surface area contributed by atoms with Crippen molar-refractivity contribution in [2.45, 2.75) is 128 Å². The third kappa shape index (κ3) is 9.26. The van der Waals surface area contributed by atoms with Crippen LogP contribution < -0.4 is 25.1 Å². The lowest BCUT2D eigenvalue weighted by atomic mass is 9.75. The number of hydrogen-bond donors (Lipinski definition) is 0. The first-order valence-corrected chi connectivity index (χ1v) is 25.0. The molecule has 2 aromatic carbocycles. The Hall–Kier alpha value is -6.29. The zero-order chi connectivity index (χ0) is 49.3. The normalized spacial score (nSPS) is 20.3. The van der Waals surface area contributed by atoms with Gasteiger partial charge in [0.1, 0.15) is 23.5 Å². The van der Waals surface area contributed by atoms with Crippen LogP contribution in [0.25, 0.3) is 33.6 Å². The van der Waals surface area contributed by atoms with E-state index in [0.29, 0.717) is 17.9 Å². The van der Waals surface area contributed by atoms with Gasteiger partial charge < -0.3 is 28.9 Å². The van der Waals surface area contributed by atoms with Crippen molar-refractivity contribution in [2.75, 3.05) is 33.7 Å². The average molecular weight is 961 g/mol. The van der Waals surface area contributed by atoms with Gasteiger partial charge in [-0.15, -0.1) is 0 Å². The van der Waals surface area contributed by atoms with E-state index in [4.69, 9.17) is 25.9 Å². The van der Waals surface area contributed by atoms with E-state index >= 15 is 0 Å². The van der Waals surface area contributed by atoms with Crippen molar-refractivity contribution >= 4 is 59.0 Å². The van der Waals surface area contributed by atoms with Crippen molar-refractivity contribution in [1.82, 2.24) is 29.9 Å². The van der Waals surface area contributed by atoms with Gasteiger partial charge in [0.2, 0.25) is 17.1 Å². The Morgan fingerprint density at radius 2 is 1.09 bits per heavy atom. The largest absolute Gasteiger partial charge is 0.495 e. The number of pyridine rings is 2. The molecule has 16 heteroatoms. The number of anilines is 4. The maximum atomic E-state index is 13.0. The first-order chi connectivity index (χ1) is 33.7. The van der Waals surface area contributed by atoms with E-state index in [1.165, 1.54) is 12.8 Å². The number of benzene rings is 2. The minimum absolute atomic E-state index is 0.118. The summed E-state index contributed by atoms with van der Waals surface area (Å²) in [6, 6.07) is 24.8. The van der Waals surface area contributed by atoms with Crippen LogP contribution in [0.4, 0.5) is 23.0 Å². The van der Waals surface area contributed by atoms with Crippen molar-refractivity contribution in [3.63, 3.8) is 0 Å². The molecule has 14 nitrogen and oxygen atoms in total. The van der Waals surface area contributed by atoms with Crippen LogP contribution in [0.1, 0.15) is 92.9 Å². The summed E-state index contributed by atoms with van der Waals surface area (Å²) in [5.74, 6) is 2.58. The Bertz CT molecular complexity index is 2820. The summed E-state index contributed by atoms with van der Waals surface area (Å²) in [6.07, 6.45) is 19.2. The summed E-state index contributed by atoms with van der Waals surface area (Å²) in [4.78, 5) is 59.9. The quantitative estimate of drug-likeness (QED) is 0.106. The molecule has 362 valence electrons. The van der Waals surface area contributed by atoms with E-state index in [-0.39, 0.29) is 47.5 Å². The molecule has 70 heavy (non-hydrogen) atoms. The molecule has 0 unspecified atom stereocenters. The second kappa shape index (κ2) is 20.2. The minimum atomic E-state index is -0.367. The van der Waals surface area contributed by atoms with Gasteiger partial charge in [-0.3, -0.25) is 19.6 Å². The highest BCUT2D eigenvalue weighted by Gasteiger charge is 2.52. The van der Waals surface area contributed by atoms with Crippen molar-refractivity contribution in [1.29, 1.82) is 0 Å². The van der Waals surface area contributed by atoms with Crippen molar-refractivity contribution in [3.05, 3.63) is 115 Å². The van der Waals surface area contributed by atoms with E-state index in [2.05, 4.69) is 93.6 Å². The van der Waals surface area contributed by atoms with Gasteiger partial charge in [-0.1, -0.05) is 74.5 Å². The van der Waals surface area contributed by atoms with Crippen molar-refractivity contribution < 1.29 is 18.9 Å². The number of carbonyl (C=O) groups is 2. The lowest BCUT2D eigenvalue weighted by Gasteiger charge is -2.47. The fraction of sp³-hybridized carbons (Fsp3) is 0.407. The molecule has 0 radical (unpaired) electrons. The van der Waals surface area contributed by atoms with Crippen LogP contribution in [0, 0.1) is 0 Å². The number of rotatable bonds is 8. The number of likely N-dealkylation sites (N-methyl/N-ethyl adjacent to an activating group) is 2. The van der Waals surface area contributed by atoms with Crippen LogP contribution >= 0.6 is 11.6 Å². The second-order valence-electron chi connectivity index (χ2n) is 19.6. The number of halogens is 1. The van der Waals surface area contributed by atoms with Crippen LogP contribution in [0.3, 0.4) is 0 Å². The number of fused-ring (bicyclic) bond motifs is 2. The predicted molar refractivity (Wildman–Crippen MR) is 278 cm³/mol. The number of aromatic nitrogens is 6. The first-order valence-electron chi connectivity index (χ1n) is 24.6. The topological polar surface area (TPSA) is 143 Å². The fourth-order valence-electron chi connectivity index (χ4n) is 9.72. The monoisotopic (exact) mass is 960 g/mol. The molecular weight excluding hydrogens is 899 g/mol. The molecular formula is C54H62BClN10O4. The van der Waals surface area contributed by atoms with Crippen LogP contribution in [-0.4, -0.2) is 98.3 Å². The molecule has 7 heterocycles. The van der Waals surface area contributed by atoms with Gasteiger partial charge in [-0.05, 0) is 125 Å². The highest BCUT2D eigenvalue weighted by molar-refractivity contribution is 6.63. The summed E-state index contributed by atoms with van der Waals surface area (Å²) < 4.78 is 12.3. The fourth-order valence-corrected chi connectivity index (χ4v) is 9.85. The molecule has 0 N–H and O–H groups in total. The van der Waals surface area contributed by atoms with Gasteiger partial charge in [0, 0.05) is 62.1 Å². The van der Waals surface area contributed by atoms with Crippen LogP contribution in [0.2, 0.25) is 5.28 Å². The van der Waals surface area contributed by atoms with Gasteiger partial charge in [0.15, 0.2) is 17.5 Å². The highest BCUT2D eigenvalue weighted by Crippen LogP contribution is 2.43. The molecule has 1 saturated heterocycles. The molecule has 0 spiro atoms. The third-order valence-electron chi connectivity index (χ3n) is 14.9. The molecule has 6 aromatic rings. The molecule has 11 rings (SSSR count). The zero-order valence-corrected chi connectivity index (χ0v) is 42.2. The molecule has 5 aliphatic rings. The second-order valence-corrected chi connectivity index (χ2v) is 19.9. The van der Waals surface area contributed by atoms with Crippen LogP contribution in [-0.2, 0) is 18.9 Å². The molecule has 3 fully saturated rings. The SMILES string of the molecule is CC1(C)OB(c2ccncc2-c2ccccc2)OC1(C)C.CC[C@@H]1C(=O)N(C)c2cnc(-c3ccncc3-c3ccccc3)nc2N1C1CCC1.CC[C@@H]1C(=O)N(C)c2cnc(Cl)nc2N1C1CCC1. The van der Waals surface area contributed by atoms with E-state index < -0.39 is 0 Å². The maximum Gasteiger partial charge on any atom is 0.495 e. The summed E-state index contributed by atoms with van der Waals surface area (Å²) in [5.41, 5.74) is 7.09. The van der Waals surface area contributed by atoms with E-state index in [1.807, 2.05) is 74.9 Å². The standard InChI is InChI=1S/C24H25N5O.C17H20BNO2.C13H17ClN4O/c1-3-20-24(30)28(2)21-15-26-22(27-23(21)29(20)17-10-7-11-17)18-12-13-25-14-19(18)16-8-5-4-6-9-16;1-16(2)17(3,4)21-18(20-16)15-10-11-19-12-14(15)13-8-6-5-7-9-13;1-3-9-12(19)17(2)10-7-15-13(14)16-11(10)18(9)8-5-4-6-8/h4-6,8-9,12-15,17,20H,3,7,10-11H2,1-2H3;5-12H,1-4H3;7-9H,3-6H2,1-2H3/t20-;;9-/m1.1/s1. The summed E-state index contributed by atoms with van der Waals surface area (Å²) in [7, 11) is 3.24. The maximum absolute atomic E-state index is 13.0. The van der Waals surface area contributed by atoms with E-state index in [0.717, 1.165) is 94.8 Å². The van der Waals surface area contributed by atoms with Gasteiger partial charge in [0.25, 0.3) is 0 Å². The number of hydrogen-bond acceptors (Lipinski definition) is 12. The Labute approximate surface area is 417 Å². The average Bonchev–Trinajstić information content (AvgIpc) is 3.57. The van der Waals surface area contributed by atoms with Crippen molar-refractivity contribution in [2.24, 2.45) is 0 Å². The van der Waals surface area contributed by atoms with Crippen molar-refractivity contribution in [3.8, 4) is 33.6 Å². The van der Waals surface area contributed by atoms with Crippen LogP contribution in [0.15, 0.2) is 110 Å². The Morgan fingerprint density at radius 1 is 0.614 bits per heavy atom. The summed E-state index contributed by atoms with van der Waals surface area (Å²) >= 11 is 5.93. The molecule has 2 saturated carbocycles. The third-order valence-corrected chi connectivity index (χ3v) is 15.1. The summed E-state index contributed by atoms with van der Waals surface area (Å²) in [5, 5.41) is 0.237. The highest BCUT2D eigenvalue weighted by atomic mass is 35.5. The van der Waals surface area contributed by atoms with Gasteiger partial charge >= 0.3 is 7.12 Å². The Kier molecular flexibility index (Phi) is 14.1. The smallest absolute Gasteiger partial charge is 0.399 e. The molecule has 2 amide bonds. The first kappa shape index (κ1) is 48.7. The zero-order valence-electron chi connectivity index (χ0n) is 41.4. The molecule has 2 atom stereocenters. The minimum Gasteiger partial charge on any atom is -0.399 e. The van der Waals surface area contributed by atoms with E-state index in [9.17, 15) is 9.59 Å². The number of nitrogens with zero attached hydrogens (tertiary/aromatic N) is 10. The Morgan fingerprint density at radius 3 is 1.59 bits per heavy atom. The predicted octanol–water partition coefficient (Wildman–Crippen LogP) is 9.61. The molecule has 2 aliphatic carbocycles. The van der Waals surface area contributed by atoms with Gasteiger partial charge in [-0.25, -0.2) is 15.0 Å². The van der Waals surface area contributed by atoms with Gasteiger partial charge in [0.05, 0.1) is 23.6 Å². The number of carbonyl (C=O) groups excluding carboxylic acids is 2.